The summed E-state index contributed by atoms with van der Waals surface area (Å²) >= 11 is 0. The Hall–Kier alpha value is -8.40. The number of hydrogen-bond donors (Lipinski definition) is 0. The maximum absolute atomic E-state index is 6.95. The second-order valence-electron chi connectivity index (χ2n) is 16.8. The van der Waals surface area contributed by atoms with Crippen LogP contribution in [-0.2, 0) is 5.41 Å². The van der Waals surface area contributed by atoms with Gasteiger partial charge >= 0.3 is 0 Å². The first kappa shape index (κ1) is 36.3. The van der Waals surface area contributed by atoms with Crippen LogP contribution in [0.25, 0.3) is 55.6 Å². The fraction of sp³-hybridized carbons (Fsp3) is 0.0164. The summed E-state index contributed by atoms with van der Waals surface area (Å²) in [5.74, 6) is 2.83. The smallest absolute Gasteiger partial charge is 0.170 e. The molecule has 0 radical (unpaired) electrons. The minimum absolute atomic E-state index is 0.464. The molecular formula is C61H39NO2. The predicted octanol–water partition coefficient (Wildman–Crippen LogP) is 16.4. The van der Waals surface area contributed by atoms with Crippen LogP contribution in [-0.4, -0.2) is 0 Å². The molecule has 300 valence electrons. The second kappa shape index (κ2) is 14.3. The van der Waals surface area contributed by atoms with E-state index in [-0.39, 0.29) is 0 Å². The number of hydrogen-bond acceptors (Lipinski definition) is 3. The van der Waals surface area contributed by atoms with E-state index < -0.39 is 5.41 Å². The predicted molar refractivity (Wildman–Crippen MR) is 260 cm³/mol. The van der Waals surface area contributed by atoms with Gasteiger partial charge in [0, 0.05) is 17.1 Å². The van der Waals surface area contributed by atoms with E-state index in [2.05, 4.69) is 235 Å². The molecule has 1 spiro atoms. The Morgan fingerprint density at radius 1 is 0.250 bits per heavy atom. The highest BCUT2D eigenvalue weighted by molar-refractivity contribution is 5.96. The molecule has 0 saturated heterocycles. The van der Waals surface area contributed by atoms with Gasteiger partial charge in [-0.05, 0) is 139 Å². The summed E-state index contributed by atoms with van der Waals surface area (Å²) < 4.78 is 13.7. The van der Waals surface area contributed by atoms with Crippen molar-refractivity contribution in [1.29, 1.82) is 0 Å². The van der Waals surface area contributed by atoms with Crippen molar-refractivity contribution in [3.8, 4) is 78.6 Å². The molecule has 3 aliphatic rings. The molecule has 0 unspecified atom stereocenters. The summed E-state index contributed by atoms with van der Waals surface area (Å²) in [5.41, 5.74) is 19.6. The summed E-state index contributed by atoms with van der Waals surface area (Å²) in [6.07, 6.45) is 0. The highest BCUT2D eigenvalue weighted by Gasteiger charge is 2.52. The number of ether oxygens (including phenoxy) is 2. The number of nitrogens with zero attached hydrogens (tertiary/aromatic N) is 1. The van der Waals surface area contributed by atoms with Gasteiger partial charge in [0.1, 0.15) is 0 Å². The maximum atomic E-state index is 6.95. The number of fused-ring (bicyclic) bond motifs is 12. The van der Waals surface area contributed by atoms with Gasteiger partial charge in [0.05, 0.1) is 5.41 Å². The molecule has 1 heterocycles. The zero-order valence-electron chi connectivity index (χ0n) is 34.8. The van der Waals surface area contributed by atoms with E-state index in [1.165, 1.54) is 55.6 Å². The fourth-order valence-corrected chi connectivity index (χ4v) is 10.6. The largest absolute Gasteiger partial charge is 0.449 e. The van der Waals surface area contributed by atoms with Gasteiger partial charge in [-0.2, -0.15) is 0 Å². The Bertz CT molecular complexity index is 3420. The van der Waals surface area contributed by atoms with Crippen molar-refractivity contribution in [3.05, 3.63) is 259 Å². The van der Waals surface area contributed by atoms with Gasteiger partial charge in [-0.1, -0.05) is 176 Å². The van der Waals surface area contributed by atoms with Crippen molar-refractivity contribution in [3.63, 3.8) is 0 Å². The minimum Gasteiger partial charge on any atom is -0.449 e. The zero-order valence-corrected chi connectivity index (χ0v) is 34.8. The van der Waals surface area contributed by atoms with Crippen LogP contribution in [0.2, 0.25) is 0 Å². The topological polar surface area (TPSA) is 21.7 Å². The summed E-state index contributed by atoms with van der Waals surface area (Å²) in [5, 5.41) is 0. The monoisotopic (exact) mass is 817 g/mol. The van der Waals surface area contributed by atoms with Gasteiger partial charge in [0.25, 0.3) is 0 Å². The van der Waals surface area contributed by atoms with E-state index >= 15 is 0 Å². The molecule has 0 atom stereocenters. The minimum atomic E-state index is -0.464. The van der Waals surface area contributed by atoms with Crippen LogP contribution in [0.5, 0.6) is 23.0 Å². The molecule has 0 aromatic heterocycles. The number of anilines is 3. The van der Waals surface area contributed by atoms with Crippen molar-refractivity contribution < 1.29 is 9.47 Å². The fourth-order valence-electron chi connectivity index (χ4n) is 10.6. The van der Waals surface area contributed by atoms with Crippen molar-refractivity contribution >= 4 is 17.1 Å². The molecule has 0 fully saturated rings. The molecule has 64 heavy (non-hydrogen) atoms. The molecule has 0 N–H and O–H groups in total. The summed E-state index contributed by atoms with van der Waals surface area (Å²) in [6, 6.07) is 84.8. The first-order valence-corrected chi connectivity index (χ1v) is 21.9. The third-order valence-electron chi connectivity index (χ3n) is 13.3. The Balaban J connectivity index is 0.887. The molecule has 3 heteroatoms. The molecule has 1 aliphatic heterocycles. The molecule has 0 bridgehead atoms. The molecular weight excluding hydrogens is 779 g/mol. The zero-order chi connectivity index (χ0) is 42.2. The molecule has 10 aromatic rings. The van der Waals surface area contributed by atoms with Crippen LogP contribution < -0.4 is 14.4 Å². The number of rotatable bonds is 6. The van der Waals surface area contributed by atoms with E-state index in [0.29, 0.717) is 11.5 Å². The van der Waals surface area contributed by atoms with Crippen molar-refractivity contribution in [2.45, 2.75) is 5.41 Å². The van der Waals surface area contributed by atoms with Gasteiger partial charge < -0.3 is 14.4 Å². The van der Waals surface area contributed by atoms with Crippen LogP contribution >= 0.6 is 0 Å². The molecule has 2 aliphatic carbocycles. The molecule has 0 saturated carbocycles. The number of benzene rings is 10. The van der Waals surface area contributed by atoms with Crippen LogP contribution in [0, 0.1) is 0 Å². The SMILES string of the molecule is c1ccc(-c2cccc(N(c3ccccc3)c3cccc(-c4ccccc4-c4ccc5c(c4)Oc4cc6c(cc4O5)-c4ccccc4C64c5ccccc5-c5ccccc54)c3)c2)cc1. The lowest BCUT2D eigenvalue weighted by Gasteiger charge is -2.31. The first-order valence-electron chi connectivity index (χ1n) is 21.9. The second-order valence-corrected chi connectivity index (χ2v) is 16.8. The third-order valence-corrected chi connectivity index (χ3v) is 13.3. The standard InChI is InChI=1S/C61H39NO2/c1-3-17-40(18-4-1)41-19-15-23-45(35-41)62(44-21-5-2-6-22-44)46-24-16-20-42(36-46)47-25-7-8-26-48(47)43-33-34-57-58(37-43)64-60-39-56-52(38-59(60)63-57)51-29-11-14-32-55(51)61(56)53-30-12-9-27-49(53)50-28-10-13-31-54(50)61/h1-39H. The van der Waals surface area contributed by atoms with Crippen molar-refractivity contribution in [2.75, 3.05) is 4.90 Å². The van der Waals surface area contributed by atoms with Crippen LogP contribution in [0.1, 0.15) is 22.3 Å². The molecule has 0 amide bonds. The van der Waals surface area contributed by atoms with E-state index in [9.17, 15) is 0 Å². The molecule has 10 aromatic carbocycles. The van der Waals surface area contributed by atoms with Crippen molar-refractivity contribution in [2.24, 2.45) is 0 Å². The third kappa shape index (κ3) is 5.47. The normalized spacial score (nSPS) is 13.1. The highest BCUT2D eigenvalue weighted by atomic mass is 16.6. The summed E-state index contributed by atoms with van der Waals surface area (Å²) in [4.78, 5) is 2.34. The van der Waals surface area contributed by atoms with Gasteiger partial charge in [0.15, 0.2) is 23.0 Å². The van der Waals surface area contributed by atoms with Gasteiger partial charge in [0.2, 0.25) is 0 Å². The van der Waals surface area contributed by atoms with Crippen LogP contribution in [0.4, 0.5) is 17.1 Å². The first-order chi connectivity index (χ1) is 31.7. The van der Waals surface area contributed by atoms with Crippen LogP contribution in [0.3, 0.4) is 0 Å². The lowest BCUT2D eigenvalue weighted by Crippen LogP contribution is -2.25. The van der Waals surface area contributed by atoms with Gasteiger partial charge in [-0.25, -0.2) is 0 Å². The van der Waals surface area contributed by atoms with E-state index in [1.54, 1.807) is 0 Å². The highest BCUT2D eigenvalue weighted by Crippen LogP contribution is 2.64. The van der Waals surface area contributed by atoms with E-state index in [1.807, 2.05) is 6.07 Å². The number of para-hydroxylation sites is 1. The summed E-state index contributed by atoms with van der Waals surface area (Å²) in [6.45, 7) is 0. The Morgan fingerprint density at radius 2 is 0.688 bits per heavy atom. The Morgan fingerprint density at radius 3 is 1.33 bits per heavy atom. The van der Waals surface area contributed by atoms with Crippen molar-refractivity contribution in [1.82, 2.24) is 0 Å². The van der Waals surface area contributed by atoms with Gasteiger partial charge in [-0.15, -0.1) is 0 Å². The van der Waals surface area contributed by atoms with Gasteiger partial charge in [-0.3, -0.25) is 0 Å². The average Bonchev–Trinajstić information content (AvgIpc) is 3.82. The molecule has 3 nitrogen and oxygen atoms in total. The van der Waals surface area contributed by atoms with E-state index in [4.69, 9.17) is 9.47 Å². The molecule has 13 rings (SSSR count). The maximum Gasteiger partial charge on any atom is 0.170 e. The Labute approximate surface area is 372 Å². The Kier molecular flexibility index (Phi) is 8.13. The lowest BCUT2D eigenvalue weighted by molar-refractivity contribution is 0.359. The quantitative estimate of drug-likeness (QED) is 0.167. The van der Waals surface area contributed by atoms with Crippen LogP contribution in [0.15, 0.2) is 237 Å². The van der Waals surface area contributed by atoms with E-state index in [0.717, 1.165) is 50.8 Å². The lowest BCUT2D eigenvalue weighted by atomic mass is 9.70. The summed E-state index contributed by atoms with van der Waals surface area (Å²) in [7, 11) is 0. The average molecular weight is 818 g/mol.